The molecule has 0 bridgehead atoms. The highest BCUT2D eigenvalue weighted by atomic mass is 16.5. The van der Waals surface area contributed by atoms with Gasteiger partial charge in [0, 0.05) is 12.6 Å². The molecule has 13 heavy (non-hydrogen) atoms. The van der Waals surface area contributed by atoms with Crippen molar-refractivity contribution in [2.24, 2.45) is 0 Å². The van der Waals surface area contributed by atoms with Gasteiger partial charge in [0.25, 0.3) is 0 Å². The Morgan fingerprint density at radius 2 is 2.46 bits per heavy atom. The van der Waals surface area contributed by atoms with Crippen molar-refractivity contribution in [3.8, 4) is 0 Å². The fourth-order valence-corrected chi connectivity index (χ4v) is 0.742. The summed E-state index contributed by atoms with van der Waals surface area (Å²) in [6.07, 6.45) is 1.45. The SMILES string of the molecule is C=CC(=O)OCC(O)CNCCC. The van der Waals surface area contributed by atoms with Crippen molar-refractivity contribution in [3.63, 3.8) is 0 Å². The lowest BCUT2D eigenvalue weighted by atomic mass is 10.3. The Morgan fingerprint density at radius 3 is 3.00 bits per heavy atom. The molecule has 0 aromatic carbocycles. The topological polar surface area (TPSA) is 58.6 Å². The predicted molar refractivity (Wildman–Crippen MR) is 50.3 cm³/mol. The van der Waals surface area contributed by atoms with Gasteiger partial charge in [0.15, 0.2) is 0 Å². The Labute approximate surface area is 78.6 Å². The van der Waals surface area contributed by atoms with Crippen LogP contribution in [0.25, 0.3) is 0 Å². The molecule has 2 N–H and O–H groups in total. The van der Waals surface area contributed by atoms with Crippen LogP contribution in [-0.2, 0) is 9.53 Å². The van der Waals surface area contributed by atoms with Crippen LogP contribution in [0.15, 0.2) is 12.7 Å². The first-order valence-corrected chi connectivity index (χ1v) is 4.38. The standard InChI is InChI=1S/C9H17NO3/c1-3-5-10-6-8(11)7-13-9(12)4-2/h4,8,10-11H,2-3,5-7H2,1H3. The molecule has 0 aliphatic heterocycles. The van der Waals surface area contributed by atoms with Crippen molar-refractivity contribution < 1.29 is 14.6 Å². The minimum absolute atomic E-state index is 0.0154. The summed E-state index contributed by atoms with van der Waals surface area (Å²) in [5.41, 5.74) is 0. The van der Waals surface area contributed by atoms with Crippen molar-refractivity contribution in [2.45, 2.75) is 19.4 Å². The van der Waals surface area contributed by atoms with E-state index >= 15 is 0 Å². The molecule has 0 saturated heterocycles. The van der Waals surface area contributed by atoms with Crippen LogP contribution in [0.3, 0.4) is 0 Å². The quantitative estimate of drug-likeness (QED) is 0.336. The van der Waals surface area contributed by atoms with E-state index in [9.17, 15) is 9.90 Å². The summed E-state index contributed by atoms with van der Waals surface area (Å²) >= 11 is 0. The number of hydrogen-bond acceptors (Lipinski definition) is 4. The lowest BCUT2D eigenvalue weighted by Gasteiger charge is -2.10. The summed E-state index contributed by atoms with van der Waals surface area (Å²) < 4.78 is 4.64. The van der Waals surface area contributed by atoms with Gasteiger partial charge in [-0.2, -0.15) is 0 Å². The second-order valence-corrected chi connectivity index (χ2v) is 2.69. The van der Waals surface area contributed by atoms with Crippen molar-refractivity contribution in [3.05, 3.63) is 12.7 Å². The van der Waals surface area contributed by atoms with Gasteiger partial charge in [-0.05, 0) is 13.0 Å². The van der Waals surface area contributed by atoms with E-state index in [-0.39, 0.29) is 6.61 Å². The second-order valence-electron chi connectivity index (χ2n) is 2.69. The van der Waals surface area contributed by atoms with Crippen molar-refractivity contribution >= 4 is 5.97 Å². The Bertz CT molecular complexity index is 159. The molecule has 0 radical (unpaired) electrons. The van der Waals surface area contributed by atoms with Crippen LogP contribution in [0, 0.1) is 0 Å². The summed E-state index contributed by atoms with van der Waals surface area (Å²) in [4.78, 5) is 10.6. The average Bonchev–Trinajstić information content (AvgIpc) is 2.14. The Balaban J connectivity index is 3.34. The van der Waals surface area contributed by atoms with Crippen LogP contribution in [0.2, 0.25) is 0 Å². The normalized spacial score (nSPS) is 12.2. The maximum atomic E-state index is 10.6. The summed E-state index contributed by atoms with van der Waals surface area (Å²) in [6.45, 7) is 6.59. The molecule has 0 rings (SSSR count). The lowest BCUT2D eigenvalue weighted by molar-refractivity contribution is -0.140. The van der Waals surface area contributed by atoms with Crippen LogP contribution < -0.4 is 5.32 Å². The lowest BCUT2D eigenvalue weighted by Crippen LogP contribution is -2.31. The fourth-order valence-electron chi connectivity index (χ4n) is 0.742. The number of nitrogens with one attached hydrogen (secondary N) is 1. The van der Waals surface area contributed by atoms with Crippen LogP contribution >= 0.6 is 0 Å². The maximum absolute atomic E-state index is 10.6. The number of aliphatic hydroxyl groups excluding tert-OH is 1. The number of carbonyl (C=O) groups is 1. The number of aliphatic hydroxyl groups is 1. The van der Waals surface area contributed by atoms with E-state index in [4.69, 9.17) is 0 Å². The second kappa shape index (κ2) is 7.76. The number of esters is 1. The van der Waals surface area contributed by atoms with Crippen LogP contribution in [0.4, 0.5) is 0 Å². The third kappa shape index (κ3) is 7.49. The molecule has 4 heteroatoms. The maximum Gasteiger partial charge on any atom is 0.330 e. The van der Waals surface area contributed by atoms with Crippen molar-refractivity contribution in [1.82, 2.24) is 5.32 Å². The van der Waals surface area contributed by atoms with Gasteiger partial charge >= 0.3 is 5.97 Å². The van der Waals surface area contributed by atoms with Gasteiger partial charge in [0.05, 0.1) is 0 Å². The van der Waals surface area contributed by atoms with E-state index in [0.717, 1.165) is 19.0 Å². The molecular formula is C9H17NO3. The average molecular weight is 187 g/mol. The molecule has 1 atom stereocenters. The van der Waals surface area contributed by atoms with Gasteiger partial charge in [-0.15, -0.1) is 0 Å². The van der Waals surface area contributed by atoms with Crippen LogP contribution in [-0.4, -0.2) is 36.9 Å². The van der Waals surface area contributed by atoms with Crippen molar-refractivity contribution in [1.29, 1.82) is 0 Å². The third-order valence-corrected chi connectivity index (χ3v) is 1.39. The van der Waals surface area contributed by atoms with Crippen LogP contribution in [0.1, 0.15) is 13.3 Å². The van der Waals surface area contributed by atoms with Gasteiger partial charge in [0.1, 0.15) is 12.7 Å². The summed E-state index contributed by atoms with van der Waals surface area (Å²) in [6, 6.07) is 0. The van der Waals surface area contributed by atoms with Gasteiger partial charge in [0.2, 0.25) is 0 Å². The van der Waals surface area contributed by atoms with E-state index in [2.05, 4.69) is 16.6 Å². The predicted octanol–water partition coefficient (Wildman–Crippen LogP) is 0.0761. The molecule has 0 aliphatic carbocycles. The summed E-state index contributed by atoms with van der Waals surface area (Å²) in [7, 11) is 0. The molecule has 0 aliphatic rings. The van der Waals surface area contributed by atoms with E-state index in [0.29, 0.717) is 6.54 Å². The molecule has 0 amide bonds. The van der Waals surface area contributed by atoms with E-state index in [1.54, 1.807) is 0 Å². The van der Waals surface area contributed by atoms with Gasteiger partial charge < -0.3 is 15.2 Å². The van der Waals surface area contributed by atoms with Crippen molar-refractivity contribution in [2.75, 3.05) is 19.7 Å². The molecule has 0 aromatic heterocycles. The largest absolute Gasteiger partial charge is 0.460 e. The Kier molecular flexibility index (Phi) is 7.24. The molecule has 0 spiro atoms. The molecule has 1 unspecified atom stereocenters. The van der Waals surface area contributed by atoms with Gasteiger partial charge in [-0.25, -0.2) is 4.79 Å². The van der Waals surface area contributed by atoms with Gasteiger partial charge in [-0.3, -0.25) is 0 Å². The highest BCUT2D eigenvalue weighted by Crippen LogP contribution is 1.86. The monoisotopic (exact) mass is 187 g/mol. The Hall–Kier alpha value is -0.870. The summed E-state index contributed by atoms with van der Waals surface area (Å²) in [5.74, 6) is -0.505. The zero-order valence-corrected chi connectivity index (χ0v) is 7.95. The fraction of sp³-hybridized carbons (Fsp3) is 0.667. The van der Waals surface area contributed by atoms with E-state index in [1.165, 1.54) is 0 Å². The number of hydrogen-bond donors (Lipinski definition) is 2. The molecule has 0 heterocycles. The zero-order valence-electron chi connectivity index (χ0n) is 7.95. The van der Waals surface area contributed by atoms with E-state index in [1.807, 2.05) is 6.92 Å². The molecule has 76 valence electrons. The molecule has 4 nitrogen and oxygen atoms in total. The molecule has 0 saturated carbocycles. The smallest absolute Gasteiger partial charge is 0.330 e. The van der Waals surface area contributed by atoms with E-state index < -0.39 is 12.1 Å². The third-order valence-electron chi connectivity index (χ3n) is 1.39. The zero-order chi connectivity index (χ0) is 10.1. The number of carbonyl (C=O) groups excluding carboxylic acids is 1. The minimum atomic E-state index is -0.643. The highest BCUT2D eigenvalue weighted by molar-refractivity contribution is 5.81. The molecule has 0 aromatic rings. The molecule has 0 fully saturated rings. The highest BCUT2D eigenvalue weighted by Gasteiger charge is 2.05. The number of rotatable bonds is 7. The van der Waals surface area contributed by atoms with Gasteiger partial charge in [-0.1, -0.05) is 13.5 Å². The summed E-state index contributed by atoms with van der Waals surface area (Å²) in [5, 5.41) is 12.3. The first-order chi connectivity index (χ1) is 6.20. The Morgan fingerprint density at radius 1 is 1.77 bits per heavy atom. The molecular weight excluding hydrogens is 170 g/mol. The van der Waals surface area contributed by atoms with Crippen LogP contribution in [0.5, 0.6) is 0 Å². The minimum Gasteiger partial charge on any atom is -0.460 e. The first kappa shape index (κ1) is 12.1. The first-order valence-electron chi connectivity index (χ1n) is 4.38. The number of ether oxygens (including phenoxy) is 1.